The fourth-order valence-electron chi connectivity index (χ4n) is 3.06. The number of anilines is 1. The van der Waals surface area contributed by atoms with Crippen LogP contribution in [0.4, 0.5) is 5.13 Å². The minimum Gasteiger partial charge on any atom is -0.497 e. The molecule has 0 bridgehead atoms. The van der Waals surface area contributed by atoms with E-state index in [-0.39, 0.29) is 5.91 Å². The van der Waals surface area contributed by atoms with Crippen molar-refractivity contribution in [3.63, 3.8) is 0 Å². The Labute approximate surface area is 187 Å². The van der Waals surface area contributed by atoms with Crippen LogP contribution < -0.4 is 19.5 Å². The number of carbonyl (C=O) groups excluding carboxylic acids is 1. The first kappa shape index (κ1) is 21.2. The molecule has 4 aromatic rings. The third kappa shape index (κ3) is 4.10. The molecule has 0 spiro atoms. The normalized spacial score (nSPS) is 10.6. The molecule has 0 unspecified atom stereocenters. The summed E-state index contributed by atoms with van der Waals surface area (Å²) in [5.74, 6) is 1.76. The highest BCUT2D eigenvalue weighted by atomic mass is 32.1. The zero-order valence-electron chi connectivity index (χ0n) is 17.8. The van der Waals surface area contributed by atoms with E-state index in [2.05, 4.69) is 25.0 Å². The number of nitrogens with zero attached hydrogens (tertiary/aromatic N) is 5. The Bertz CT molecular complexity index is 1250. The first-order valence-corrected chi connectivity index (χ1v) is 10.3. The third-order valence-corrected chi connectivity index (χ3v) is 5.32. The summed E-state index contributed by atoms with van der Waals surface area (Å²) in [6, 6.07) is 12.4. The van der Waals surface area contributed by atoms with Crippen molar-refractivity contribution in [3.8, 4) is 34.5 Å². The van der Waals surface area contributed by atoms with Crippen molar-refractivity contribution in [1.29, 1.82) is 0 Å². The topological polar surface area (TPSA) is 113 Å². The van der Waals surface area contributed by atoms with Crippen LogP contribution in [-0.2, 0) is 0 Å². The van der Waals surface area contributed by atoms with E-state index in [1.807, 2.05) is 19.1 Å². The SMILES string of the molecule is COc1cc(OC)cc(-n2nnc(-c3nsc(NC(=O)c4ccccc4OC)n3)c2C)c1. The fraction of sp³-hybridized carbons (Fsp3) is 0.190. The Hall–Kier alpha value is -3.99. The van der Waals surface area contributed by atoms with Crippen molar-refractivity contribution < 1.29 is 19.0 Å². The highest BCUT2D eigenvalue weighted by Gasteiger charge is 2.19. The van der Waals surface area contributed by atoms with Gasteiger partial charge in [-0.15, -0.1) is 5.10 Å². The van der Waals surface area contributed by atoms with E-state index >= 15 is 0 Å². The van der Waals surface area contributed by atoms with Crippen molar-refractivity contribution in [3.05, 3.63) is 53.7 Å². The van der Waals surface area contributed by atoms with E-state index in [1.165, 1.54) is 7.11 Å². The Morgan fingerprint density at radius 3 is 2.44 bits per heavy atom. The molecular formula is C21H20N6O4S. The summed E-state index contributed by atoms with van der Waals surface area (Å²) in [5.41, 5.74) is 2.35. The van der Waals surface area contributed by atoms with E-state index in [4.69, 9.17) is 14.2 Å². The zero-order chi connectivity index (χ0) is 22.7. The highest BCUT2D eigenvalue weighted by molar-refractivity contribution is 7.10. The molecule has 0 radical (unpaired) electrons. The average molecular weight is 452 g/mol. The van der Waals surface area contributed by atoms with Crippen LogP contribution in [0.15, 0.2) is 42.5 Å². The summed E-state index contributed by atoms with van der Waals surface area (Å²) >= 11 is 1.06. The number of hydrogen-bond donors (Lipinski definition) is 1. The quantitative estimate of drug-likeness (QED) is 0.454. The maximum atomic E-state index is 12.6. The van der Waals surface area contributed by atoms with Crippen LogP contribution in [0.1, 0.15) is 16.1 Å². The molecule has 0 saturated heterocycles. The molecule has 0 aliphatic heterocycles. The molecule has 2 aromatic heterocycles. The van der Waals surface area contributed by atoms with Crippen LogP contribution in [0.2, 0.25) is 0 Å². The largest absolute Gasteiger partial charge is 0.497 e. The second-order valence-electron chi connectivity index (χ2n) is 6.58. The molecule has 32 heavy (non-hydrogen) atoms. The summed E-state index contributed by atoms with van der Waals surface area (Å²) < 4.78 is 21.9. The fourth-order valence-corrected chi connectivity index (χ4v) is 3.63. The number of carbonyl (C=O) groups is 1. The summed E-state index contributed by atoms with van der Waals surface area (Å²) in [7, 11) is 4.68. The zero-order valence-corrected chi connectivity index (χ0v) is 18.6. The van der Waals surface area contributed by atoms with Crippen molar-refractivity contribution >= 4 is 22.6 Å². The van der Waals surface area contributed by atoms with Crippen LogP contribution in [0, 0.1) is 6.92 Å². The molecule has 2 aromatic carbocycles. The van der Waals surface area contributed by atoms with E-state index in [0.717, 1.165) is 22.9 Å². The van der Waals surface area contributed by atoms with Gasteiger partial charge in [0.05, 0.1) is 38.3 Å². The Kier molecular flexibility index (Phi) is 5.99. The number of para-hydroxylation sites is 1. The molecule has 10 nitrogen and oxygen atoms in total. The second kappa shape index (κ2) is 9.02. The lowest BCUT2D eigenvalue weighted by Gasteiger charge is -2.09. The van der Waals surface area contributed by atoms with Gasteiger partial charge in [-0.2, -0.15) is 9.36 Å². The van der Waals surface area contributed by atoms with Gasteiger partial charge in [0.1, 0.15) is 17.2 Å². The van der Waals surface area contributed by atoms with E-state index < -0.39 is 0 Å². The van der Waals surface area contributed by atoms with Crippen molar-refractivity contribution in [2.24, 2.45) is 0 Å². The molecule has 0 fully saturated rings. The van der Waals surface area contributed by atoms with Gasteiger partial charge in [0.15, 0.2) is 11.5 Å². The number of ether oxygens (including phenoxy) is 3. The summed E-state index contributed by atoms with van der Waals surface area (Å²) in [4.78, 5) is 17.0. The molecule has 11 heteroatoms. The van der Waals surface area contributed by atoms with E-state index in [0.29, 0.717) is 39.5 Å². The molecule has 1 N–H and O–H groups in total. The van der Waals surface area contributed by atoms with Crippen LogP contribution >= 0.6 is 11.5 Å². The lowest BCUT2D eigenvalue weighted by molar-refractivity contribution is 0.102. The van der Waals surface area contributed by atoms with Gasteiger partial charge in [-0.25, -0.2) is 4.68 Å². The second-order valence-corrected chi connectivity index (χ2v) is 7.34. The van der Waals surface area contributed by atoms with Crippen LogP contribution in [0.3, 0.4) is 0 Å². The Morgan fingerprint density at radius 2 is 1.75 bits per heavy atom. The lowest BCUT2D eigenvalue weighted by atomic mass is 10.2. The molecular weight excluding hydrogens is 432 g/mol. The van der Waals surface area contributed by atoms with Crippen molar-refractivity contribution in [1.82, 2.24) is 24.4 Å². The number of rotatable bonds is 7. The number of nitrogens with one attached hydrogen (secondary N) is 1. The first-order chi connectivity index (χ1) is 15.5. The molecule has 0 atom stereocenters. The maximum Gasteiger partial charge on any atom is 0.261 e. The van der Waals surface area contributed by atoms with Crippen molar-refractivity contribution in [2.75, 3.05) is 26.6 Å². The Balaban J connectivity index is 1.59. The van der Waals surface area contributed by atoms with Crippen LogP contribution in [-0.4, -0.2) is 51.6 Å². The van der Waals surface area contributed by atoms with Gasteiger partial charge in [-0.1, -0.05) is 17.3 Å². The highest BCUT2D eigenvalue weighted by Crippen LogP contribution is 2.28. The van der Waals surface area contributed by atoms with E-state index in [9.17, 15) is 4.79 Å². The van der Waals surface area contributed by atoms with Crippen LogP contribution in [0.5, 0.6) is 17.2 Å². The maximum absolute atomic E-state index is 12.6. The predicted octanol–water partition coefficient (Wildman–Crippen LogP) is 3.37. The smallest absolute Gasteiger partial charge is 0.261 e. The molecule has 164 valence electrons. The minimum atomic E-state index is -0.339. The van der Waals surface area contributed by atoms with Gasteiger partial charge in [0.2, 0.25) is 5.13 Å². The third-order valence-electron chi connectivity index (χ3n) is 4.69. The Morgan fingerprint density at radius 1 is 1.03 bits per heavy atom. The van der Waals surface area contributed by atoms with E-state index in [1.54, 1.807) is 49.2 Å². The molecule has 0 aliphatic carbocycles. The standard InChI is InChI=1S/C21H20N6O4S/c1-12-18(24-26-27(12)13-9-14(29-2)11-15(10-13)30-3)19-22-21(32-25-19)23-20(28)16-7-5-6-8-17(16)31-4/h5-11H,1-4H3,(H,22,23,25,28). The van der Waals surface area contributed by atoms with Gasteiger partial charge < -0.3 is 14.2 Å². The summed E-state index contributed by atoms with van der Waals surface area (Å²) in [6.07, 6.45) is 0. The summed E-state index contributed by atoms with van der Waals surface area (Å²) in [5, 5.41) is 11.6. The number of amides is 1. The van der Waals surface area contributed by atoms with Crippen molar-refractivity contribution in [2.45, 2.75) is 6.92 Å². The van der Waals surface area contributed by atoms with Gasteiger partial charge in [-0.05, 0) is 19.1 Å². The molecule has 2 heterocycles. The van der Waals surface area contributed by atoms with Gasteiger partial charge in [0.25, 0.3) is 5.91 Å². The molecule has 1 amide bonds. The monoisotopic (exact) mass is 452 g/mol. The van der Waals surface area contributed by atoms with Gasteiger partial charge >= 0.3 is 0 Å². The lowest BCUT2D eigenvalue weighted by Crippen LogP contribution is -2.12. The number of aromatic nitrogens is 5. The van der Waals surface area contributed by atoms with Crippen LogP contribution in [0.25, 0.3) is 17.2 Å². The predicted molar refractivity (Wildman–Crippen MR) is 119 cm³/mol. The first-order valence-electron chi connectivity index (χ1n) is 9.48. The van der Waals surface area contributed by atoms with Gasteiger partial charge in [0, 0.05) is 29.7 Å². The van der Waals surface area contributed by atoms with Gasteiger partial charge in [-0.3, -0.25) is 10.1 Å². The molecule has 0 saturated carbocycles. The number of hydrogen-bond acceptors (Lipinski definition) is 9. The average Bonchev–Trinajstić information content (AvgIpc) is 3.44. The number of methoxy groups -OCH3 is 3. The molecule has 0 aliphatic rings. The molecule has 4 rings (SSSR count). The number of benzene rings is 2. The summed E-state index contributed by atoms with van der Waals surface area (Å²) in [6.45, 7) is 1.86. The minimum absolute atomic E-state index is 0.339.